The summed E-state index contributed by atoms with van der Waals surface area (Å²) in [6.45, 7) is 0.532. The van der Waals surface area contributed by atoms with Crippen molar-refractivity contribution in [2.45, 2.75) is 13.0 Å². The van der Waals surface area contributed by atoms with Crippen LogP contribution in [-0.4, -0.2) is 47.6 Å². The second kappa shape index (κ2) is 7.55. The fourth-order valence-corrected chi connectivity index (χ4v) is 3.22. The maximum atomic E-state index is 13.0. The van der Waals surface area contributed by atoms with Gasteiger partial charge in [-0.3, -0.25) is 14.9 Å². The first-order valence-corrected chi connectivity index (χ1v) is 8.40. The van der Waals surface area contributed by atoms with Gasteiger partial charge >= 0.3 is 5.97 Å². The van der Waals surface area contributed by atoms with Crippen LogP contribution in [0.15, 0.2) is 30.3 Å². The van der Waals surface area contributed by atoms with Gasteiger partial charge in [0, 0.05) is 19.2 Å². The molecule has 2 aromatic rings. The van der Waals surface area contributed by atoms with Crippen molar-refractivity contribution in [2.24, 2.45) is 0 Å². The van der Waals surface area contributed by atoms with Gasteiger partial charge in [0.1, 0.15) is 5.56 Å². The lowest BCUT2D eigenvalue weighted by atomic mass is 9.96. The number of ether oxygens (including phenoxy) is 2. The molecule has 9 heteroatoms. The highest BCUT2D eigenvalue weighted by molar-refractivity contribution is 5.99. The van der Waals surface area contributed by atoms with Gasteiger partial charge in [-0.25, -0.2) is 4.79 Å². The zero-order valence-electron chi connectivity index (χ0n) is 15.3. The SMILES string of the molecule is COc1cc(C(=O)N2CCc3ccc(C(=O)O)cc3C2)c([N+](=O)[O-])cc1OC. The molecule has 28 heavy (non-hydrogen) atoms. The van der Waals surface area contributed by atoms with E-state index in [0.717, 1.165) is 11.6 Å². The first-order valence-electron chi connectivity index (χ1n) is 8.40. The molecule has 0 unspecified atom stereocenters. The minimum absolute atomic E-state index is 0.111. The molecule has 1 N–H and O–H groups in total. The van der Waals surface area contributed by atoms with Gasteiger partial charge in [-0.1, -0.05) is 6.07 Å². The number of hydrogen-bond donors (Lipinski definition) is 1. The predicted molar refractivity (Wildman–Crippen MR) is 98.0 cm³/mol. The summed E-state index contributed by atoms with van der Waals surface area (Å²) in [6, 6.07) is 7.24. The molecule has 0 saturated carbocycles. The third-order valence-corrected chi connectivity index (χ3v) is 4.68. The normalized spacial score (nSPS) is 12.9. The summed E-state index contributed by atoms with van der Waals surface area (Å²) in [5, 5.41) is 20.6. The lowest BCUT2D eigenvalue weighted by Gasteiger charge is -2.29. The van der Waals surface area contributed by atoms with E-state index in [0.29, 0.717) is 18.5 Å². The molecule has 146 valence electrons. The van der Waals surface area contributed by atoms with E-state index in [1.165, 1.54) is 37.3 Å². The van der Waals surface area contributed by atoms with Crippen LogP contribution in [0.2, 0.25) is 0 Å². The average molecular weight is 386 g/mol. The van der Waals surface area contributed by atoms with E-state index < -0.39 is 16.8 Å². The summed E-state index contributed by atoms with van der Waals surface area (Å²) in [5.41, 5.74) is 1.30. The molecule has 0 saturated heterocycles. The lowest BCUT2D eigenvalue weighted by molar-refractivity contribution is -0.385. The third kappa shape index (κ3) is 3.46. The second-order valence-electron chi connectivity index (χ2n) is 6.25. The number of nitro groups is 1. The number of carboxylic acids is 1. The molecule has 0 fully saturated rings. The van der Waals surface area contributed by atoms with E-state index in [1.807, 2.05) is 0 Å². The first kappa shape index (κ1) is 19.2. The molecule has 0 aliphatic carbocycles. The van der Waals surface area contributed by atoms with Crippen molar-refractivity contribution >= 4 is 17.6 Å². The highest BCUT2D eigenvalue weighted by atomic mass is 16.6. The zero-order valence-corrected chi connectivity index (χ0v) is 15.3. The van der Waals surface area contributed by atoms with E-state index >= 15 is 0 Å². The molecule has 1 aliphatic heterocycles. The molecule has 2 aromatic carbocycles. The lowest BCUT2D eigenvalue weighted by Crippen LogP contribution is -2.36. The van der Waals surface area contributed by atoms with Gasteiger partial charge in [-0.05, 0) is 29.7 Å². The fraction of sp³-hybridized carbons (Fsp3) is 0.263. The number of carbonyl (C=O) groups excluding carboxylic acids is 1. The summed E-state index contributed by atoms with van der Waals surface area (Å²) in [7, 11) is 2.73. The number of benzene rings is 2. The van der Waals surface area contributed by atoms with Crippen LogP contribution < -0.4 is 9.47 Å². The van der Waals surface area contributed by atoms with Crippen molar-refractivity contribution in [3.05, 3.63) is 62.7 Å². The molecule has 0 bridgehead atoms. The molecule has 1 aliphatic rings. The number of nitro benzene ring substituents is 1. The molecule has 0 aromatic heterocycles. The second-order valence-corrected chi connectivity index (χ2v) is 6.25. The Kier molecular flexibility index (Phi) is 5.16. The monoisotopic (exact) mass is 386 g/mol. The van der Waals surface area contributed by atoms with Crippen molar-refractivity contribution in [3.63, 3.8) is 0 Å². The van der Waals surface area contributed by atoms with Gasteiger partial charge in [0.05, 0.1) is 30.8 Å². The van der Waals surface area contributed by atoms with Crippen LogP contribution in [0.25, 0.3) is 0 Å². The molecule has 3 rings (SSSR count). The van der Waals surface area contributed by atoms with Crippen LogP contribution >= 0.6 is 0 Å². The highest BCUT2D eigenvalue weighted by Crippen LogP contribution is 2.35. The van der Waals surface area contributed by atoms with Crippen LogP contribution in [0, 0.1) is 10.1 Å². The van der Waals surface area contributed by atoms with Crippen molar-refractivity contribution in [3.8, 4) is 11.5 Å². The zero-order chi connectivity index (χ0) is 20.4. The van der Waals surface area contributed by atoms with Gasteiger partial charge in [-0.15, -0.1) is 0 Å². The third-order valence-electron chi connectivity index (χ3n) is 4.68. The van der Waals surface area contributed by atoms with Crippen LogP contribution in [0.1, 0.15) is 31.8 Å². The maximum absolute atomic E-state index is 13.0. The van der Waals surface area contributed by atoms with E-state index in [2.05, 4.69) is 0 Å². The Morgan fingerprint density at radius 1 is 1.11 bits per heavy atom. The highest BCUT2D eigenvalue weighted by Gasteiger charge is 2.30. The Labute approximate surface area is 160 Å². The first-order chi connectivity index (χ1) is 13.3. The predicted octanol–water partition coefficient (Wildman–Crippen LogP) is 2.51. The van der Waals surface area contributed by atoms with Crippen molar-refractivity contribution in [1.82, 2.24) is 4.90 Å². The Bertz CT molecular complexity index is 971. The number of aromatic carboxylic acids is 1. The van der Waals surface area contributed by atoms with Gasteiger partial charge < -0.3 is 19.5 Å². The topological polar surface area (TPSA) is 119 Å². The van der Waals surface area contributed by atoms with E-state index in [1.54, 1.807) is 6.07 Å². The summed E-state index contributed by atoms with van der Waals surface area (Å²) < 4.78 is 10.2. The van der Waals surface area contributed by atoms with E-state index in [9.17, 15) is 19.7 Å². The van der Waals surface area contributed by atoms with Crippen molar-refractivity contribution in [2.75, 3.05) is 20.8 Å². The molecule has 1 heterocycles. The average Bonchev–Trinajstić information content (AvgIpc) is 2.71. The van der Waals surface area contributed by atoms with Gasteiger partial charge in [0.25, 0.3) is 11.6 Å². The van der Waals surface area contributed by atoms with Gasteiger partial charge in [-0.2, -0.15) is 0 Å². The van der Waals surface area contributed by atoms with E-state index in [-0.39, 0.29) is 34.9 Å². The smallest absolute Gasteiger partial charge is 0.335 e. The Morgan fingerprint density at radius 3 is 2.39 bits per heavy atom. The van der Waals surface area contributed by atoms with Crippen LogP contribution in [0.4, 0.5) is 5.69 Å². The summed E-state index contributed by atoms with van der Waals surface area (Å²) in [6.07, 6.45) is 0.530. The molecule has 1 amide bonds. The number of hydrogen-bond acceptors (Lipinski definition) is 6. The number of fused-ring (bicyclic) bond motifs is 1. The molecule has 0 atom stereocenters. The van der Waals surface area contributed by atoms with Crippen LogP contribution in [0.3, 0.4) is 0 Å². The maximum Gasteiger partial charge on any atom is 0.335 e. The Balaban J connectivity index is 1.97. The molecule has 0 radical (unpaired) electrons. The number of methoxy groups -OCH3 is 2. The Hall–Kier alpha value is -3.62. The number of amides is 1. The Morgan fingerprint density at radius 2 is 1.79 bits per heavy atom. The van der Waals surface area contributed by atoms with E-state index in [4.69, 9.17) is 14.6 Å². The number of rotatable bonds is 5. The largest absolute Gasteiger partial charge is 0.493 e. The summed E-state index contributed by atoms with van der Waals surface area (Å²) in [4.78, 5) is 36.5. The minimum Gasteiger partial charge on any atom is -0.493 e. The quantitative estimate of drug-likeness (QED) is 0.619. The summed E-state index contributed by atoms with van der Waals surface area (Å²) in [5.74, 6) is -1.22. The van der Waals surface area contributed by atoms with Crippen LogP contribution in [-0.2, 0) is 13.0 Å². The minimum atomic E-state index is -1.05. The van der Waals surface area contributed by atoms with Crippen molar-refractivity contribution in [1.29, 1.82) is 0 Å². The molecule has 9 nitrogen and oxygen atoms in total. The molecular formula is C19H18N2O7. The van der Waals surface area contributed by atoms with Crippen molar-refractivity contribution < 1.29 is 29.1 Å². The number of carboxylic acid groups (broad SMARTS) is 1. The summed E-state index contributed by atoms with van der Waals surface area (Å²) >= 11 is 0. The molecular weight excluding hydrogens is 368 g/mol. The fourth-order valence-electron chi connectivity index (χ4n) is 3.22. The molecule has 0 spiro atoms. The number of nitrogens with zero attached hydrogens (tertiary/aromatic N) is 2. The standard InChI is InChI=1S/C19H18N2O7/c1-27-16-8-14(15(21(25)26)9-17(16)28-2)18(22)20-6-5-11-3-4-12(19(23)24)7-13(11)10-20/h3-4,7-9H,5-6,10H2,1-2H3,(H,23,24). The number of carbonyl (C=O) groups is 2. The van der Waals surface area contributed by atoms with Gasteiger partial charge in [0.2, 0.25) is 0 Å². The van der Waals surface area contributed by atoms with Crippen LogP contribution in [0.5, 0.6) is 11.5 Å². The van der Waals surface area contributed by atoms with Gasteiger partial charge in [0.15, 0.2) is 11.5 Å².